The van der Waals surface area contributed by atoms with E-state index >= 15 is 0 Å². The molecule has 1 N–H and O–H groups in total. The molecule has 0 atom stereocenters. The largest absolute Gasteiger partial charge is 0.512 e. The van der Waals surface area contributed by atoms with E-state index in [4.69, 9.17) is 0 Å². The summed E-state index contributed by atoms with van der Waals surface area (Å²) in [6.07, 6.45) is 8.76. The Labute approximate surface area is 94.2 Å². The van der Waals surface area contributed by atoms with Crippen molar-refractivity contribution in [3.8, 4) is 0 Å². The number of carbonyl (C=O) groups is 1. The quantitative estimate of drug-likeness (QED) is 0.764. The lowest BCUT2D eigenvalue weighted by atomic mass is 10.0. The standard InChI is InChI=1S/C14H12O2/c15-10-11-3-1-5-13(9-11)12-4-2-6-14(16)8-7-12/h1-5,7-10,16H,6H2. The predicted molar refractivity (Wildman–Crippen MR) is 64.3 cm³/mol. The van der Waals surface area contributed by atoms with Crippen molar-refractivity contribution in [2.45, 2.75) is 6.42 Å². The van der Waals surface area contributed by atoms with Gasteiger partial charge in [0.25, 0.3) is 0 Å². The van der Waals surface area contributed by atoms with Crippen molar-refractivity contribution in [3.05, 3.63) is 65.5 Å². The highest BCUT2D eigenvalue weighted by molar-refractivity contribution is 5.81. The van der Waals surface area contributed by atoms with Crippen molar-refractivity contribution in [1.82, 2.24) is 0 Å². The zero-order valence-corrected chi connectivity index (χ0v) is 8.76. The van der Waals surface area contributed by atoms with E-state index in [1.54, 1.807) is 12.1 Å². The molecule has 0 saturated carbocycles. The monoisotopic (exact) mass is 212 g/mol. The minimum Gasteiger partial charge on any atom is -0.512 e. The molecule has 1 aromatic carbocycles. The van der Waals surface area contributed by atoms with Crippen LogP contribution in [-0.4, -0.2) is 11.4 Å². The van der Waals surface area contributed by atoms with Crippen LogP contribution in [0, 0.1) is 0 Å². The molecule has 16 heavy (non-hydrogen) atoms. The summed E-state index contributed by atoms with van der Waals surface area (Å²) < 4.78 is 0. The highest BCUT2D eigenvalue weighted by atomic mass is 16.3. The van der Waals surface area contributed by atoms with E-state index in [9.17, 15) is 9.90 Å². The van der Waals surface area contributed by atoms with Gasteiger partial charge in [0.1, 0.15) is 6.29 Å². The summed E-state index contributed by atoms with van der Waals surface area (Å²) in [6, 6.07) is 7.39. The Bertz CT molecular complexity index is 493. The lowest BCUT2D eigenvalue weighted by molar-refractivity contribution is 0.112. The van der Waals surface area contributed by atoms with Crippen LogP contribution in [0.5, 0.6) is 0 Å². The Hall–Kier alpha value is -2.09. The summed E-state index contributed by atoms with van der Waals surface area (Å²) in [6.45, 7) is 0. The third kappa shape index (κ3) is 2.28. The molecule has 1 aromatic rings. The van der Waals surface area contributed by atoms with Crippen molar-refractivity contribution >= 4 is 11.9 Å². The molecule has 2 rings (SSSR count). The van der Waals surface area contributed by atoms with Crippen LogP contribution in [0.3, 0.4) is 0 Å². The topological polar surface area (TPSA) is 37.3 Å². The highest BCUT2D eigenvalue weighted by Gasteiger charge is 2.01. The Morgan fingerprint density at radius 1 is 1.25 bits per heavy atom. The fraction of sp³-hybridized carbons (Fsp3) is 0.0714. The molecule has 0 saturated heterocycles. The molecule has 0 aliphatic heterocycles. The number of aldehydes is 1. The van der Waals surface area contributed by atoms with Crippen molar-refractivity contribution in [3.63, 3.8) is 0 Å². The first kappa shape index (κ1) is 10.4. The van der Waals surface area contributed by atoms with Crippen LogP contribution in [0.4, 0.5) is 0 Å². The molecule has 0 radical (unpaired) electrons. The average Bonchev–Trinajstić information content (AvgIpc) is 2.54. The first-order valence-electron chi connectivity index (χ1n) is 5.11. The van der Waals surface area contributed by atoms with Gasteiger partial charge in [-0.15, -0.1) is 0 Å². The third-order valence-electron chi connectivity index (χ3n) is 2.44. The van der Waals surface area contributed by atoms with Crippen molar-refractivity contribution < 1.29 is 9.90 Å². The summed E-state index contributed by atoms with van der Waals surface area (Å²) in [5.74, 6) is 0.345. The minimum atomic E-state index is 0.345. The van der Waals surface area contributed by atoms with Crippen LogP contribution >= 0.6 is 0 Å². The van der Waals surface area contributed by atoms with Gasteiger partial charge in [-0.2, -0.15) is 0 Å². The number of benzene rings is 1. The van der Waals surface area contributed by atoms with E-state index in [-0.39, 0.29) is 0 Å². The van der Waals surface area contributed by atoms with Gasteiger partial charge in [0.05, 0.1) is 5.76 Å². The zero-order valence-electron chi connectivity index (χ0n) is 8.76. The summed E-state index contributed by atoms with van der Waals surface area (Å²) in [5, 5.41) is 9.36. The molecule has 0 bridgehead atoms. The van der Waals surface area contributed by atoms with Gasteiger partial charge in [-0.05, 0) is 23.3 Å². The molecule has 0 fully saturated rings. The molecule has 0 aromatic heterocycles. The van der Waals surface area contributed by atoms with E-state index < -0.39 is 0 Å². The average molecular weight is 212 g/mol. The molecule has 1 aliphatic carbocycles. The summed E-state index contributed by atoms with van der Waals surface area (Å²) in [4.78, 5) is 10.7. The van der Waals surface area contributed by atoms with Crippen LogP contribution < -0.4 is 0 Å². The number of aliphatic hydroxyl groups excluding tert-OH is 1. The Kier molecular flexibility index (Phi) is 3.01. The van der Waals surface area contributed by atoms with Gasteiger partial charge in [-0.1, -0.05) is 36.4 Å². The van der Waals surface area contributed by atoms with Crippen molar-refractivity contribution in [2.75, 3.05) is 0 Å². The van der Waals surface area contributed by atoms with E-state index in [0.29, 0.717) is 17.7 Å². The van der Waals surface area contributed by atoms with Crippen molar-refractivity contribution in [2.24, 2.45) is 0 Å². The fourth-order valence-electron chi connectivity index (χ4n) is 1.60. The van der Waals surface area contributed by atoms with Crippen LogP contribution in [-0.2, 0) is 0 Å². The van der Waals surface area contributed by atoms with Gasteiger partial charge < -0.3 is 5.11 Å². The Balaban J connectivity index is 2.40. The van der Waals surface area contributed by atoms with Gasteiger partial charge in [-0.25, -0.2) is 0 Å². The molecular formula is C14H12O2. The summed E-state index contributed by atoms with van der Waals surface area (Å²) in [5.41, 5.74) is 2.63. The van der Waals surface area contributed by atoms with Crippen LogP contribution in [0.2, 0.25) is 0 Å². The lowest BCUT2D eigenvalue weighted by Gasteiger charge is -2.01. The number of allylic oxidation sites excluding steroid dienone is 5. The number of rotatable bonds is 2. The van der Waals surface area contributed by atoms with Gasteiger partial charge in [0, 0.05) is 12.0 Å². The lowest BCUT2D eigenvalue weighted by Crippen LogP contribution is -1.84. The molecule has 0 unspecified atom stereocenters. The number of hydrogen-bond donors (Lipinski definition) is 1. The van der Waals surface area contributed by atoms with Crippen LogP contribution in [0.25, 0.3) is 5.57 Å². The first-order chi connectivity index (χ1) is 7.79. The van der Waals surface area contributed by atoms with E-state index in [2.05, 4.69) is 0 Å². The molecule has 80 valence electrons. The van der Waals surface area contributed by atoms with Crippen LogP contribution in [0.1, 0.15) is 22.3 Å². The SMILES string of the molecule is O=Cc1cccc(C2=CC=C(O)CC=C2)c1. The second-order valence-corrected chi connectivity index (χ2v) is 3.63. The second-order valence-electron chi connectivity index (χ2n) is 3.63. The summed E-state index contributed by atoms with van der Waals surface area (Å²) in [7, 11) is 0. The normalized spacial score (nSPS) is 15.0. The van der Waals surface area contributed by atoms with E-state index in [1.807, 2.05) is 36.4 Å². The molecular weight excluding hydrogens is 200 g/mol. The number of hydrogen-bond acceptors (Lipinski definition) is 2. The number of carbonyl (C=O) groups excluding carboxylic acids is 1. The number of aliphatic hydroxyl groups is 1. The third-order valence-corrected chi connectivity index (χ3v) is 2.44. The molecule has 0 amide bonds. The highest BCUT2D eigenvalue weighted by Crippen LogP contribution is 2.20. The molecule has 1 aliphatic rings. The first-order valence-corrected chi connectivity index (χ1v) is 5.11. The second kappa shape index (κ2) is 4.62. The Morgan fingerprint density at radius 2 is 2.12 bits per heavy atom. The Morgan fingerprint density at radius 3 is 2.94 bits per heavy atom. The van der Waals surface area contributed by atoms with E-state index in [1.165, 1.54) is 0 Å². The maximum atomic E-state index is 10.7. The molecule has 2 nitrogen and oxygen atoms in total. The molecule has 0 spiro atoms. The predicted octanol–water partition coefficient (Wildman–Crippen LogP) is 3.28. The van der Waals surface area contributed by atoms with Gasteiger partial charge in [-0.3, -0.25) is 4.79 Å². The summed E-state index contributed by atoms with van der Waals surface area (Å²) >= 11 is 0. The fourth-order valence-corrected chi connectivity index (χ4v) is 1.60. The zero-order chi connectivity index (χ0) is 11.4. The van der Waals surface area contributed by atoms with Crippen LogP contribution in [0.15, 0.2) is 54.3 Å². The molecule has 2 heteroatoms. The van der Waals surface area contributed by atoms with Crippen molar-refractivity contribution in [1.29, 1.82) is 0 Å². The van der Waals surface area contributed by atoms with Gasteiger partial charge >= 0.3 is 0 Å². The van der Waals surface area contributed by atoms with Gasteiger partial charge in [0.15, 0.2) is 0 Å². The van der Waals surface area contributed by atoms with Gasteiger partial charge in [0.2, 0.25) is 0 Å². The smallest absolute Gasteiger partial charge is 0.150 e. The maximum Gasteiger partial charge on any atom is 0.150 e. The molecule has 0 heterocycles. The maximum absolute atomic E-state index is 10.7. The minimum absolute atomic E-state index is 0.345. The van der Waals surface area contributed by atoms with E-state index in [0.717, 1.165) is 17.4 Å².